The van der Waals surface area contributed by atoms with Crippen LogP contribution in [-0.4, -0.2) is 60.4 Å². The Hall–Kier alpha value is -5.53. The molecule has 0 aliphatic carbocycles. The summed E-state index contributed by atoms with van der Waals surface area (Å²) in [7, 11) is 3.16. The molecule has 5 rings (SSSR count). The van der Waals surface area contributed by atoms with Crippen molar-refractivity contribution >= 4 is 23.7 Å². The van der Waals surface area contributed by atoms with Gasteiger partial charge in [-0.05, 0) is 53.4 Å². The van der Waals surface area contributed by atoms with Gasteiger partial charge in [-0.1, -0.05) is 54.6 Å². The van der Waals surface area contributed by atoms with Crippen molar-refractivity contribution in [3.05, 3.63) is 118 Å². The van der Waals surface area contributed by atoms with Crippen LogP contribution in [0.4, 0.5) is 5.82 Å². The standard InChI is InChI=1S/C36H37N3O10/c1-23(40)37-31-19-20-39(35(44)38-31)32-21-29(49-34(43)18-17-33(41)42)30(48-32)22-47-36(24-7-5-4-6-8-24,25-9-13-27(45-2)14-10-25)26-11-15-28(46-3)16-12-26/h4-16,19-20,29-30,32H,17-18,21-22H2,1-3H3,(H,41,42)(H,37,38,40,44)/p-1/t29-,30-,32-/m1/s1. The van der Waals surface area contributed by atoms with Crippen LogP contribution in [0.1, 0.15) is 49.1 Å². The van der Waals surface area contributed by atoms with Crippen LogP contribution in [0, 0.1) is 0 Å². The zero-order chi connectivity index (χ0) is 35.0. The van der Waals surface area contributed by atoms with Crippen LogP contribution in [0.3, 0.4) is 0 Å². The summed E-state index contributed by atoms with van der Waals surface area (Å²) in [4.78, 5) is 52.1. The second-order valence-corrected chi connectivity index (χ2v) is 11.3. The molecule has 1 saturated heterocycles. The van der Waals surface area contributed by atoms with Crippen molar-refractivity contribution < 1.29 is 43.2 Å². The third-order valence-corrected chi connectivity index (χ3v) is 8.08. The number of carboxylic acids is 1. The summed E-state index contributed by atoms with van der Waals surface area (Å²) in [5.41, 5.74) is 0.390. The quantitative estimate of drug-likeness (QED) is 0.155. The molecular formula is C36H36N3O10-. The van der Waals surface area contributed by atoms with E-state index in [0.29, 0.717) is 11.5 Å². The topological polar surface area (TPSA) is 167 Å². The number of hydrogen-bond acceptors (Lipinski definition) is 11. The summed E-state index contributed by atoms with van der Waals surface area (Å²) in [6.07, 6.45) is -2.22. The maximum absolute atomic E-state index is 13.0. The first-order valence-electron chi connectivity index (χ1n) is 15.5. The smallest absolute Gasteiger partial charge is 0.351 e. The molecule has 2 heterocycles. The molecule has 3 aromatic carbocycles. The van der Waals surface area contributed by atoms with Crippen molar-refractivity contribution in [1.82, 2.24) is 9.55 Å². The molecule has 3 atom stereocenters. The van der Waals surface area contributed by atoms with Crippen molar-refractivity contribution in [2.24, 2.45) is 0 Å². The van der Waals surface area contributed by atoms with Crippen molar-refractivity contribution in [2.75, 3.05) is 26.1 Å². The molecule has 256 valence electrons. The second kappa shape index (κ2) is 15.6. The minimum absolute atomic E-state index is 0.0373. The van der Waals surface area contributed by atoms with Gasteiger partial charge >= 0.3 is 11.7 Å². The van der Waals surface area contributed by atoms with Crippen LogP contribution in [0.2, 0.25) is 0 Å². The van der Waals surface area contributed by atoms with Gasteiger partial charge in [-0.25, -0.2) is 4.79 Å². The number of aliphatic carboxylic acids is 1. The predicted molar refractivity (Wildman–Crippen MR) is 174 cm³/mol. The lowest BCUT2D eigenvalue weighted by atomic mass is 9.80. The van der Waals surface area contributed by atoms with Gasteiger partial charge in [0.05, 0.1) is 27.2 Å². The Morgan fingerprint density at radius 1 is 0.898 bits per heavy atom. The van der Waals surface area contributed by atoms with Gasteiger partial charge in [-0.15, -0.1) is 0 Å². The number of aromatic nitrogens is 2. The SMILES string of the molecule is COc1ccc(C(OC[C@H]2O[C@@H](n3ccc(NC(C)=O)nc3=O)C[C@H]2OC(=O)CCC(=O)[O-])(c2ccccc2)c2ccc(OC)cc2)cc1. The van der Waals surface area contributed by atoms with E-state index in [1.165, 1.54) is 23.8 Å². The summed E-state index contributed by atoms with van der Waals surface area (Å²) in [5.74, 6) is -1.18. The number of methoxy groups -OCH3 is 2. The van der Waals surface area contributed by atoms with Gasteiger partial charge < -0.3 is 38.9 Å². The molecule has 1 aromatic heterocycles. The molecular weight excluding hydrogens is 634 g/mol. The molecule has 49 heavy (non-hydrogen) atoms. The van der Waals surface area contributed by atoms with Crippen LogP contribution < -0.4 is 25.6 Å². The van der Waals surface area contributed by atoms with Crippen LogP contribution in [0.25, 0.3) is 0 Å². The fourth-order valence-electron chi connectivity index (χ4n) is 5.74. The summed E-state index contributed by atoms with van der Waals surface area (Å²) >= 11 is 0. The van der Waals surface area contributed by atoms with E-state index in [-0.39, 0.29) is 18.8 Å². The zero-order valence-corrected chi connectivity index (χ0v) is 27.2. The third kappa shape index (κ3) is 8.13. The Kier molecular flexibility index (Phi) is 11.1. The first kappa shape index (κ1) is 34.8. The lowest BCUT2D eigenvalue weighted by Crippen LogP contribution is -2.39. The fraction of sp³-hybridized carbons (Fsp3) is 0.306. The molecule has 0 unspecified atom stereocenters. The molecule has 1 aliphatic rings. The van der Waals surface area contributed by atoms with Gasteiger partial charge in [0.25, 0.3) is 0 Å². The summed E-state index contributed by atoms with van der Waals surface area (Å²) in [6, 6.07) is 25.9. The highest BCUT2D eigenvalue weighted by Gasteiger charge is 2.44. The monoisotopic (exact) mass is 670 g/mol. The Balaban J connectivity index is 1.53. The van der Waals surface area contributed by atoms with Crippen molar-refractivity contribution in [2.45, 2.75) is 50.2 Å². The van der Waals surface area contributed by atoms with E-state index in [2.05, 4.69) is 10.3 Å². The number of rotatable bonds is 14. The van der Waals surface area contributed by atoms with Gasteiger partial charge in [0.15, 0.2) is 0 Å². The first-order chi connectivity index (χ1) is 23.6. The molecule has 0 bridgehead atoms. The van der Waals surface area contributed by atoms with Gasteiger partial charge in [-0.3, -0.25) is 14.2 Å². The van der Waals surface area contributed by atoms with Crippen molar-refractivity contribution in [1.29, 1.82) is 0 Å². The van der Waals surface area contributed by atoms with Crippen molar-refractivity contribution in [3.8, 4) is 11.5 Å². The highest BCUT2D eigenvalue weighted by atomic mass is 16.6. The average molecular weight is 671 g/mol. The number of hydrogen-bond donors (Lipinski definition) is 1. The van der Waals surface area contributed by atoms with E-state index in [4.69, 9.17) is 23.7 Å². The molecule has 0 radical (unpaired) electrons. The van der Waals surface area contributed by atoms with E-state index >= 15 is 0 Å². The van der Waals surface area contributed by atoms with E-state index in [9.17, 15) is 24.3 Å². The fourth-order valence-corrected chi connectivity index (χ4v) is 5.74. The lowest BCUT2D eigenvalue weighted by molar-refractivity contribution is -0.305. The number of anilines is 1. The minimum atomic E-state index is -1.39. The highest BCUT2D eigenvalue weighted by molar-refractivity contribution is 5.87. The maximum atomic E-state index is 13.0. The number of ether oxygens (including phenoxy) is 5. The maximum Gasteiger partial charge on any atom is 0.351 e. The molecule has 0 spiro atoms. The number of benzene rings is 3. The number of nitrogens with one attached hydrogen (secondary N) is 1. The Labute approximate surface area is 282 Å². The van der Waals surface area contributed by atoms with Crippen LogP contribution in [0.5, 0.6) is 11.5 Å². The van der Waals surface area contributed by atoms with Crippen molar-refractivity contribution in [3.63, 3.8) is 0 Å². The Morgan fingerprint density at radius 3 is 2.02 bits per heavy atom. The normalized spacial score (nSPS) is 17.2. The summed E-state index contributed by atoms with van der Waals surface area (Å²) < 4.78 is 31.1. The number of esters is 1. The average Bonchev–Trinajstić information content (AvgIpc) is 3.50. The number of amides is 1. The van der Waals surface area contributed by atoms with Crippen LogP contribution in [0.15, 0.2) is 95.9 Å². The van der Waals surface area contributed by atoms with Gasteiger partial charge in [0, 0.05) is 25.5 Å². The number of carbonyl (C=O) groups excluding carboxylic acids is 3. The Bertz CT molecular complexity index is 1760. The predicted octanol–water partition coefficient (Wildman–Crippen LogP) is 2.96. The molecule has 0 saturated carbocycles. The van der Waals surface area contributed by atoms with Crippen LogP contribution in [-0.2, 0) is 34.2 Å². The molecule has 1 amide bonds. The molecule has 1 aliphatic heterocycles. The third-order valence-electron chi connectivity index (χ3n) is 8.08. The van der Waals surface area contributed by atoms with E-state index in [0.717, 1.165) is 16.7 Å². The molecule has 4 aromatic rings. The van der Waals surface area contributed by atoms with E-state index in [1.54, 1.807) is 14.2 Å². The first-order valence-corrected chi connectivity index (χ1v) is 15.5. The Morgan fingerprint density at radius 2 is 1.49 bits per heavy atom. The highest BCUT2D eigenvalue weighted by Crippen LogP contribution is 2.43. The number of carbonyl (C=O) groups is 3. The lowest BCUT2D eigenvalue weighted by Gasteiger charge is -2.37. The molecule has 1 fully saturated rings. The largest absolute Gasteiger partial charge is 0.550 e. The van der Waals surface area contributed by atoms with Gasteiger partial charge in [0.2, 0.25) is 5.91 Å². The molecule has 13 nitrogen and oxygen atoms in total. The summed E-state index contributed by atoms with van der Waals surface area (Å²) in [6.45, 7) is 1.17. The van der Waals surface area contributed by atoms with Crippen LogP contribution >= 0.6 is 0 Å². The molecule has 13 heteroatoms. The summed E-state index contributed by atoms with van der Waals surface area (Å²) in [5, 5.41) is 13.5. The van der Waals surface area contributed by atoms with E-state index in [1.807, 2.05) is 78.9 Å². The number of carboxylic acid groups (broad SMARTS) is 1. The van der Waals surface area contributed by atoms with E-state index < -0.39 is 60.4 Å². The second-order valence-electron chi connectivity index (χ2n) is 11.3. The minimum Gasteiger partial charge on any atom is -0.550 e. The van der Waals surface area contributed by atoms with Gasteiger partial charge in [0.1, 0.15) is 41.4 Å². The van der Waals surface area contributed by atoms with Gasteiger partial charge in [-0.2, -0.15) is 4.98 Å². The molecule has 1 N–H and O–H groups in total. The zero-order valence-electron chi connectivity index (χ0n) is 27.2. The number of nitrogens with zero attached hydrogens (tertiary/aromatic N) is 2.